The molecule has 8 heteroatoms. The summed E-state index contributed by atoms with van der Waals surface area (Å²) in [5, 5.41) is 2.61. The Morgan fingerprint density at radius 1 is 1.21 bits per heavy atom. The number of carbonyl (C=O) groups excluding carboxylic acids is 1. The number of halogens is 1. The van der Waals surface area contributed by atoms with Gasteiger partial charge in [-0.1, -0.05) is 25.0 Å². The Hall–Kier alpha value is -1.31. The Kier molecular flexibility index (Phi) is 7.33. The van der Waals surface area contributed by atoms with Crippen molar-refractivity contribution in [2.24, 2.45) is 0 Å². The summed E-state index contributed by atoms with van der Waals surface area (Å²) in [4.78, 5) is 11.5. The van der Waals surface area contributed by atoms with Crippen LogP contribution in [-0.4, -0.2) is 39.6 Å². The molecule has 6 nitrogen and oxygen atoms in total. The lowest BCUT2D eigenvalue weighted by Crippen LogP contribution is -2.32. The zero-order chi connectivity index (χ0) is 17.4. The maximum Gasteiger partial charge on any atom is 0.407 e. The molecule has 0 heterocycles. The molecular formula is C16H23ClN2O4S. The Labute approximate surface area is 148 Å². The van der Waals surface area contributed by atoms with E-state index in [1.165, 1.54) is 0 Å². The highest BCUT2D eigenvalue weighted by Gasteiger charge is 2.22. The van der Waals surface area contributed by atoms with Gasteiger partial charge in [0.25, 0.3) is 0 Å². The summed E-state index contributed by atoms with van der Waals surface area (Å²) in [5.41, 5.74) is 0.937. The number of alkyl halides is 1. The van der Waals surface area contributed by atoms with Crippen LogP contribution in [0.3, 0.4) is 0 Å². The second-order valence-corrected chi connectivity index (χ2v) is 7.84. The third kappa shape index (κ3) is 5.96. The van der Waals surface area contributed by atoms with Gasteiger partial charge < -0.3 is 10.1 Å². The molecule has 0 aliphatic heterocycles. The highest BCUT2D eigenvalue weighted by molar-refractivity contribution is 7.89. The fraction of sp³-hybridized carbons (Fsp3) is 0.562. The zero-order valence-corrected chi connectivity index (χ0v) is 15.0. The van der Waals surface area contributed by atoms with Crippen LogP contribution in [0.5, 0.6) is 0 Å². The molecule has 1 amide bonds. The number of carbonyl (C=O) groups is 1. The molecule has 1 fully saturated rings. The van der Waals surface area contributed by atoms with Gasteiger partial charge in [0.15, 0.2) is 0 Å². The smallest absolute Gasteiger partial charge is 0.407 e. The van der Waals surface area contributed by atoms with E-state index in [2.05, 4.69) is 10.0 Å². The minimum absolute atomic E-state index is 0.0536. The normalized spacial score (nSPS) is 15.4. The van der Waals surface area contributed by atoms with Crippen LogP contribution in [-0.2, 0) is 21.2 Å². The predicted molar refractivity (Wildman–Crippen MR) is 92.8 cm³/mol. The van der Waals surface area contributed by atoms with Gasteiger partial charge in [-0.3, -0.25) is 0 Å². The van der Waals surface area contributed by atoms with Crippen molar-refractivity contribution in [2.75, 3.05) is 19.0 Å². The predicted octanol–water partition coefficient (Wildman–Crippen LogP) is 2.42. The van der Waals surface area contributed by atoms with Crippen LogP contribution in [0.15, 0.2) is 29.2 Å². The van der Waals surface area contributed by atoms with Gasteiger partial charge in [0.05, 0.1) is 10.8 Å². The first kappa shape index (κ1) is 19.0. The minimum Gasteiger partial charge on any atom is -0.448 e. The summed E-state index contributed by atoms with van der Waals surface area (Å²) in [6.45, 7) is 0.585. The van der Waals surface area contributed by atoms with Gasteiger partial charge in [-0.15, -0.1) is 11.6 Å². The number of amides is 1. The highest BCUT2D eigenvalue weighted by Crippen LogP contribution is 2.20. The van der Waals surface area contributed by atoms with Crippen LogP contribution in [0.1, 0.15) is 31.2 Å². The van der Waals surface area contributed by atoms with E-state index in [0.717, 1.165) is 31.2 Å². The van der Waals surface area contributed by atoms with E-state index in [9.17, 15) is 13.2 Å². The molecule has 1 aromatic carbocycles. The molecule has 1 aliphatic rings. The van der Waals surface area contributed by atoms with E-state index in [-0.39, 0.29) is 23.4 Å². The third-order valence-corrected chi connectivity index (χ3v) is 5.59. The van der Waals surface area contributed by atoms with Crippen molar-refractivity contribution >= 4 is 27.7 Å². The second kappa shape index (κ2) is 9.25. The average Bonchev–Trinajstić information content (AvgIpc) is 3.05. The van der Waals surface area contributed by atoms with Crippen molar-refractivity contribution in [1.82, 2.24) is 10.0 Å². The third-order valence-electron chi connectivity index (χ3n) is 3.90. The van der Waals surface area contributed by atoms with E-state index in [1.807, 2.05) is 0 Å². The second-order valence-electron chi connectivity index (χ2n) is 5.75. The lowest BCUT2D eigenvalue weighted by Gasteiger charge is -2.13. The first-order valence-corrected chi connectivity index (χ1v) is 10.1. The number of benzene rings is 1. The van der Waals surface area contributed by atoms with Crippen molar-refractivity contribution in [1.29, 1.82) is 0 Å². The number of hydrogen-bond donors (Lipinski definition) is 2. The van der Waals surface area contributed by atoms with Crippen LogP contribution in [0.2, 0.25) is 0 Å². The molecule has 24 heavy (non-hydrogen) atoms. The van der Waals surface area contributed by atoms with Gasteiger partial charge in [-0.25, -0.2) is 17.9 Å². The summed E-state index contributed by atoms with van der Waals surface area (Å²) in [5.74, 6) is 0.262. The number of alkyl carbamates (subject to hydrolysis) is 1. The molecule has 0 unspecified atom stereocenters. The van der Waals surface area contributed by atoms with Gasteiger partial charge >= 0.3 is 6.09 Å². The fourth-order valence-electron chi connectivity index (χ4n) is 2.66. The summed E-state index contributed by atoms with van der Waals surface area (Å²) >= 11 is 5.42. The highest BCUT2D eigenvalue weighted by atomic mass is 35.5. The lowest BCUT2D eigenvalue weighted by atomic mass is 10.1. The standard InChI is InChI=1S/C16H23ClN2O4S/c17-10-12-23-16(20)18-11-9-13-5-7-15(8-6-13)24(21,22)19-14-3-1-2-4-14/h5-8,14,19H,1-4,9-12H2,(H,18,20). The Morgan fingerprint density at radius 2 is 1.88 bits per heavy atom. The first-order chi connectivity index (χ1) is 11.5. The van der Waals surface area contributed by atoms with E-state index in [4.69, 9.17) is 16.3 Å². The topological polar surface area (TPSA) is 84.5 Å². The lowest BCUT2D eigenvalue weighted by molar-refractivity contribution is 0.153. The summed E-state index contributed by atoms with van der Waals surface area (Å²) < 4.78 is 32.2. The number of sulfonamides is 1. The molecule has 0 aromatic heterocycles. The summed E-state index contributed by atoms with van der Waals surface area (Å²) in [7, 11) is -3.46. The summed E-state index contributed by atoms with van der Waals surface area (Å²) in [6.07, 6.45) is 4.05. The largest absolute Gasteiger partial charge is 0.448 e. The molecule has 2 rings (SSSR count). The number of ether oxygens (including phenoxy) is 1. The average molecular weight is 375 g/mol. The van der Waals surface area contributed by atoms with Crippen LogP contribution in [0, 0.1) is 0 Å². The summed E-state index contributed by atoms with van der Waals surface area (Å²) in [6, 6.07) is 6.76. The molecule has 0 radical (unpaired) electrons. The van der Waals surface area contributed by atoms with Crippen molar-refractivity contribution in [3.63, 3.8) is 0 Å². The number of hydrogen-bond acceptors (Lipinski definition) is 4. The van der Waals surface area contributed by atoms with Crippen molar-refractivity contribution in [2.45, 2.75) is 43.0 Å². The van der Waals surface area contributed by atoms with Crippen molar-refractivity contribution < 1.29 is 17.9 Å². The molecule has 1 saturated carbocycles. The van der Waals surface area contributed by atoms with Gasteiger partial charge in [0.1, 0.15) is 6.61 Å². The number of rotatable bonds is 8. The van der Waals surface area contributed by atoms with Crippen LogP contribution >= 0.6 is 11.6 Å². The van der Waals surface area contributed by atoms with E-state index < -0.39 is 16.1 Å². The van der Waals surface area contributed by atoms with Crippen LogP contribution in [0.4, 0.5) is 4.79 Å². The Bertz CT molecular complexity index is 628. The maximum absolute atomic E-state index is 12.3. The monoisotopic (exact) mass is 374 g/mol. The van der Waals surface area contributed by atoms with Crippen LogP contribution in [0.25, 0.3) is 0 Å². The van der Waals surface area contributed by atoms with Crippen molar-refractivity contribution in [3.8, 4) is 0 Å². The molecule has 0 saturated heterocycles. The minimum atomic E-state index is -3.46. The van der Waals surface area contributed by atoms with E-state index in [1.54, 1.807) is 24.3 Å². The van der Waals surface area contributed by atoms with Gasteiger partial charge in [0.2, 0.25) is 10.0 Å². The molecule has 2 N–H and O–H groups in total. The fourth-order valence-corrected chi connectivity index (χ4v) is 4.04. The molecule has 0 spiro atoms. The quantitative estimate of drug-likeness (QED) is 0.684. The van der Waals surface area contributed by atoms with E-state index in [0.29, 0.717) is 13.0 Å². The molecule has 0 atom stereocenters. The maximum atomic E-state index is 12.3. The molecule has 1 aromatic rings. The SMILES string of the molecule is O=C(NCCc1ccc(S(=O)(=O)NC2CCCC2)cc1)OCCCl. The Balaban J connectivity index is 1.82. The van der Waals surface area contributed by atoms with E-state index >= 15 is 0 Å². The Morgan fingerprint density at radius 3 is 2.50 bits per heavy atom. The molecule has 134 valence electrons. The van der Waals surface area contributed by atoms with Gasteiger partial charge in [0, 0.05) is 12.6 Å². The first-order valence-electron chi connectivity index (χ1n) is 8.09. The number of nitrogens with one attached hydrogen (secondary N) is 2. The van der Waals surface area contributed by atoms with Gasteiger partial charge in [-0.2, -0.15) is 0 Å². The zero-order valence-electron chi connectivity index (χ0n) is 13.5. The molecule has 0 bridgehead atoms. The van der Waals surface area contributed by atoms with Crippen molar-refractivity contribution in [3.05, 3.63) is 29.8 Å². The molecule has 1 aliphatic carbocycles. The van der Waals surface area contributed by atoms with Crippen LogP contribution < -0.4 is 10.0 Å². The van der Waals surface area contributed by atoms with Gasteiger partial charge in [-0.05, 0) is 37.0 Å². The molecular weight excluding hydrogens is 352 g/mol.